The second-order valence-electron chi connectivity index (χ2n) is 3.79. The second-order valence-corrected chi connectivity index (χ2v) is 4.15. The van der Waals surface area contributed by atoms with Gasteiger partial charge in [0.2, 0.25) is 5.91 Å². The number of hydrogen-bond acceptors (Lipinski definition) is 3. The fraction of sp³-hybridized carbons (Fsp3) is 0.455. The molecule has 0 saturated heterocycles. The predicted molar refractivity (Wildman–Crippen MR) is 64.2 cm³/mol. The summed E-state index contributed by atoms with van der Waals surface area (Å²) in [6.07, 6.45) is 1.64. The molecule has 0 unspecified atom stereocenters. The summed E-state index contributed by atoms with van der Waals surface area (Å²) in [6.45, 7) is 2.36. The fourth-order valence-corrected chi connectivity index (χ4v) is 1.48. The molecule has 5 heteroatoms. The number of likely N-dealkylation sites (N-methyl/N-ethyl adjacent to an activating group) is 1. The van der Waals surface area contributed by atoms with Gasteiger partial charge in [-0.05, 0) is 13.0 Å². The van der Waals surface area contributed by atoms with Gasteiger partial charge in [-0.3, -0.25) is 4.79 Å². The predicted octanol–water partition coefficient (Wildman–Crippen LogP) is 1.30. The zero-order valence-electron chi connectivity index (χ0n) is 9.70. The van der Waals surface area contributed by atoms with Gasteiger partial charge in [0, 0.05) is 32.4 Å². The fourth-order valence-electron chi connectivity index (χ4n) is 1.29. The first-order valence-corrected chi connectivity index (χ1v) is 5.44. The Labute approximate surface area is 101 Å². The van der Waals surface area contributed by atoms with E-state index < -0.39 is 0 Å². The SMILES string of the molecule is C[C@@H](NCc1cccnc1Cl)C(=O)N(C)C. The first-order valence-electron chi connectivity index (χ1n) is 5.06. The second kappa shape index (κ2) is 5.82. The Balaban J connectivity index is 2.52. The van der Waals surface area contributed by atoms with Crippen LogP contribution in [0.1, 0.15) is 12.5 Å². The minimum atomic E-state index is -0.230. The van der Waals surface area contributed by atoms with E-state index in [2.05, 4.69) is 10.3 Å². The summed E-state index contributed by atoms with van der Waals surface area (Å²) < 4.78 is 0. The summed E-state index contributed by atoms with van der Waals surface area (Å²) in [7, 11) is 3.47. The van der Waals surface area contributed by atoms with Crippen molar-refractivity contribution in [2.24, 2.45) is 0 Å². The number of rotatable bonds is 4. The van der Waals surface area contributed by atoms with E-state index in [1.807, 2.05) is 19.1 Å². The normalized spacial score (nSPS) is 12.2. The van der Waals surface area contributed by atoms with Crippen LogP contribution >= 0.6 is 11.6 Å². The van der Waals surface area contributed by atoms with Gasteiger partial charge in [0.15, 0.2) is 0 Å². The summed E-state index contributed by atoms with van der Waals surface area (Å²) in [6, 6.07) is 3.47. The van der Waals surface area contributed by atoms with Gasteiger partial charge in [-0.1, -0.05) is 17.7 Å². The van der Waals surface area contributed by atoms with Crippen LogP contribution in [0, 0.1) is 0 Å². The lowest BCUT2D eigenvalue weighted by atomic mass is 10.2. The minimum absolute atomic E-state index is 0.0417. The Morgan fingerprint density at radius 1 is 1.62 bits per heavy atom. The van der Waals surface area contributed by atoms with Crippen molar-refractivity contribution in [2.75, 3.05) is 14.1 Å². The molecule has 1 atom stereocenters. The number of carbonyl (C=O) groups excluding carboxylic acids is 1. The van der Waals surface area contributed by atoms with Crippen molar-refractivity contribution in [2.45, 2.75) is 19.5 Å². The Morgan fingerprint density at radius 3 is 2.88 bits per heavy atom. The van der Waals surface area contributed by atoms with Gasteiger partial charge in [-0.15, -0.1) is 0 Å². The largest absolute Gasteiger partial charge is 0.347 e. The van der Waals surface area contributed by atoms with Crippen molar-refractivity contribution >= 4 is 17.5 Å². The Bertz CT molecular complexity index is 368. The molecule has 1 rings (SSSR count). The molecule has 0 saturated carbocycles. The van der Waals surface area contributed by atoms with Crippen molar-refractivity contribution in [1.82, 2.24) is 15.2 Å². The highest BCUT2D eigenvalue weighted by molar-refractivity contribution is 6.30. The molecule has 0 aliphatic heterocycles. The van der Waals surface area contributed by atoms with Crippen molar-refractivity contribution in [3.63, 3.8) is 0 Å². The third-order valence-corrected chi connectivity index (χ3v) is 2.59. The molecule has 0 radical (unpaired) electrons. The third kappa shape index (κ3) is 3.47. The standard InChI is InChI=1S/C11H16ClN3O/c1-8(11(16)15(2)3)14-7-9-5-4-6-13-10(9)12/h4-6,8,14H,7H2,1-3H3/t8-/m1/s1. The molecule has 0 aliphatic carbocycles. The zero-order valence-corrected chi connectivity index (χ0v) is 10.5. The van der Waals surface area contributed by atoms with Crippen LogP contribution in [0.5, 0.6) is 0 Å². The van der Waals surface area contributed by atoms with E-state index in [0.717, 1.165) is 5.56 Å². The maximum atomic E-state index is 11.6. The molecule has 4 nitrogen and oxygen atoms in total. The first-order chi connectivity index (χ1) is 7.52. The van der Waals surface area contributed by atoms with Gasteiger partial charge in [0.1, 0.15) is 5.15 Å². The lowest BCUT2D eigenvalue weighted by Crippen LogP contribution is -2.41. The highest BCUT2D eigenvalue weighted by Crippen LogP contribution is 2.11. The molecule has 0 aliphatic rings. The summed E-state index contributed by atoms with van der Waals surface area (Å²) >= 11 is 5.90. The van der Waals surface area contributed by atoms with E-state index in [4.69, 9.17) is 11.6 Å². The summed E-state index contributed by atoms with van der Waals surface area (Å²) in [5.41, 5.74) is 0.891. The van der Waals surface area contributed by atoms with Crippen molar-refractivity contribution < 1.29 is 4.79 Å². The van der Waals surface area contributed by atoms with Crippen LogP contribution < -0.4 is 5.32 Å². The molecule has 1 aromatic rings. The molecular weight excluding hydrogens is 226 g/mol. The molecule has 1 N–H and O–H groups in total. The molecule has 1 amide bonds. The molecular formula is C11H16ClN3O. The van der Waals surface area contributed by atoms with Crippen LogP contribution in [0.25, 0.3) is 0 Å². The number of pyridine rings is 1. The quantitative estimate of drug-likeness (QED) is 0.809. The molecule has 0 fully saturated rings. The van der Waals surface area contributed by atoms with Crippen molar-refractivity contribution in [1.29, 1.82) is 0 Å². The molecule has 0 spiro atoms. The van der Waals surface area contributed by atoms with Crippen LogP contribution in [-0.4, -0.2) is 35.9 Å². The van der Waals surface area contributed by atoms with Crippen molar-refractivity contribution in [3.05, 3.63) is 29.0 Å². The number of nitrogens with one attached hydrogen (secondary N) is 1. The van der Waals surface area contributed by atoms with E-state index in [1.54, 1.807) is 25.2 Å². The highest BCUT2D eigenvalue weighted by Gasteiger charge is 2.14. The number of halogens is 1. The van der Waals surface area contributed by atoms with Gasteiger partial charge in [-0.25, -0.2) is 4.98 Å². The van der Waals surface area contributed by atoms with Gasteiger partial charge in [0.25, 0.3) is 0 Å². The first kappa shape index (κ1) is 12.9. The summed E-state index contributed by atoms with van der Waals surface area (Å²) in [5, 5.41) is 3.58. The van der Waals surface area contributed by atoms with Crippen molar-refractivity contribution in [3.8, 4) is 0 Å². The van der Waals surface area contributed by atoms with Crippen LogP contribution in [0.2, 0.25) is 5.15 Å². The highest BCUT2D eigenvalue weighted by atomic mass is 35.5. The smallest absolute Gasteiger partial charge is 0.238 e. The topological polar surface area (TPSA) is 45.2 Å². The maximum absolute atomic E-state index is 11.6. The van der Waals surface area contributed by atoms with E-state index in [1.165, 1.54) is 0 Å². The summed E-state index contributed by atoms with van der Waals surface area (Å²) in [5.74, 6) is 0.0417. The molecule has 1 heterocycles. The van der Waals surface area contributed by atoms with Gasteiger partial charge < -0.3 is 10.2 Å². The van der Waals surface area contributed by atoms with Crippen LogP contribution in [0.3, 0.4) is 0 Å². The maximum Gasteiger partial charge on any atom is 0.238 e. The van der Waals surface area contributed by atoms with Gasteiger partial charge in [-0.2, -0.15) is 0 Å². The third-order valence-electron chi connectivity index (χ3n) is 2.25. The lowest BCUT2D eigenvalue weighted by Gasteiger charge is -2.18. The van der Waals surface area contributed by atoms with Gasteiger partial charge >= 0.3 is 0 Å². The number of amides is 1. The lowest BCUT2D eigenvalue weighted by molar-refractivity contribution is -0.130. The average Bonchev–Trinajstić information content (AvgIpc) is 2.26. The molecule has 0 aromatic carbocycles. The number of aromatic nitrogens is 1. The number of nitrogens with zero attached hydrogens (tertiary/aromatic N) is 2. The van der Waals surface area contributed by atoms with E-state index in [9.17, 15) is 4.79 Å². The minimum Gasteiger partial charge on any atom is -0.347 e. The molecule has 16 heavy (non-hydrogen) atoms. The van der Waals surface area contributed by atoms with Crippen LogP contribution in [0.4, 0.5) is 0 Å². The Hall–Kier alpha value is -1.13. The van der Waals surface area contributed by atoms with Gasteiger partial charge in [0.05, 0.1) is 6.04 Å². The van der Waals surface area contributed by atoms with E-state index in [0.29, 0.717) is 11.7 Å². The summed E-state index contributed by atoms with van der Waals surface area (Å²) in [4.78, 5) is 17.1. The monoisotopic (exact) mass is 241 g/mol. The van der Waals surface area contributed by atoms with E-state index >= 15 is 0 Å². The molecule has 88 valence electrons. The molecule has 1 aromatic heterocycles. The Kier molecular flexibility index (Phi) is 4.71. The number of hydrogen-bond donors (Lipinski definition) is 1. The Morgan fingerprint density at radius 2 is 2.31 bits per heavy atom. The number of carbonyl (C=O) groups is 1. The van der Waals surface area contributed by atoms with Crippen LogP contribution in [-0.2, 0) is 11.3 Å². The van der Waals surface area contributed by atoms with E-state index in [-0.39, 0.29) is 11.9 Å². The average molecular weight is 242 g/mol. The molecule has 0 bridgehead atoms. The van der Waals surface area contributed by atoms with Crippen LogP contribution in [0.15, 0.2) is 18.3 Å². The zero-order chi connectivity index (χ0) is 12.1.